The Morgan fingerprint density at radius 2 is 1.76 bits per heavy atom. The zero-order valence-electron chi connectivity index (χ0n) is 16.0. The highest BCUT2D eigenvalue weighted by atomic mass is 35.5. The van der Waals surface area contributed by atoms with Crippen molar-refractivity contribution >= 4 is 35.2 Å². The first-order chi connectivity index (χ1) is 13.8. The molecule has 0 saturated carbocycles. The van der Waals surface area contributed by atoms with E-state index in [0.717, 1.165) is 0 Å². The summed E-state index contributed by atoms with van der Waals surface area (Å²) in [6, 6.07) is 11.9. The van der Waals surface area contributed by atoms with Gasteiger partial charge in [0.25, 0.3) is 5.91 Å². The van der Waals surface area contributed by atoms with Crippen LogP contribution in [0.4, 0.5) is 10.5 Å². The summed E-state index contributed by atoms with van der Waals surface area (Å²) in [7, 11) is 1.48. The number of carbonyl (C=O) groups is 3. The lowest BCUT2D eigenvalue weighted by Crippen LogP contribution is -2.36. The monoisotopic (exact) mass is 419 g/mol. The molecule has 0 aliphatic carbocycles. The van der Waals surface area contributed by atoms with Gasteiger partial charge < -0.3 is 25.8 Å². The molecule has 3 amide bonds. The van der Waals surface area contributed by atoms with Gasteiger partial charge >= 0.3 is 12.0 Å². The Morgan fingerprint density at radius 3 is 2.38 bits per heavy atom. The maximum atomic E-state index is 12.3. The number of hydrogen-bond acceptors (Lipinski definition) is 5. The molecule has 0 aliphatic heterocycles. The highest BCUT2D eigenvalue weighted by Crippen LogP contribution is 2.24. The third-order valence-electron chi connectivity index (χ3n) is 4.00. The molecule has 154 valence electrons. The van der Waals surface area contributed by atoms with Gasteiger partial charge in [0.2, 0.25) is 0 Å². The van der Waals surface area contributed by atoms with E-state index in [9.17, 15) is 14.4 Å². The molecule has 0 aromatic heterocycles. The van der Waals surface area contributed by atoms with Gasteiger partial charge in [-0.3, -0.25) is 9.59 Å². The van der Waals surface area contributed by atoms with E-state index in [4.69, 9.17) is 26.8 Å². The fourth-order valence-corrected chi connectivity index (χ4v) is 2.69. The van der Waals surface area contributed by atoms with Crippen LogP contribution in [0.1, 0.15) is 24.9 Å². The number of methoxy groups -OCH3 is 1. The largest absolute Gasteiger partial charge is 0.495 e. The Morgan fingerprint density at radius 1 is 1.10 bits per heavy atom. The number of nitrogens with one attached hydrogen (secondary N) is 2. The number of ether oxygens (including phenoxy) is 2. The molecule has 0 fully saturated rings. The van der Waals surface area contributed by atoms with Crippen molar-refractivity contribution in [2.75, 3.05) is 12.4 Å². The number of rotatable bonds is 8. The van der Waals surface area contributed by atoms with Gasteiger partial charge in [-0.2, -0.15) is 0 Å². The van der Waals surface area contributed by atoms with Gasteiger partial charge in [0.15, 0.2) is 6.10 Å². The number of anilines is 1. The zero-order valence-corrected chi connectivity index (χ0v) is 16.7. The molecule has 0 radical (unpaired) electrons. The number of primary amides is 1. The van der Waals surface area contributed by atoms with Gasteiger partial charge in [-0.15, -0.1) is 0 Å². The molecular weight excluding hydrogens is 398 g/mol. The average Bonchev–Trinajstić information content (AvgIpc) is 2.68. The molecule has 2 aromatic rings. The molecule has 0 unspecified atom stereocenters. The highest BCUT2D eigenvalue weighted by molar-refractivity contribution is 6.30. The molecule has 9 heteroatoms. The normalized spacial score (nSPS) is 12.4. The van der Waals surface area contributed by atoms with Gasteiger partial charge in [0.05, 0.1) is 25.3 Å². The van der Waals surface area contributed by atoms with Crippen LogP contribution in [0.5, 0.6) is 5.75 Å². The number of hydrogen-bond donors (Lipinski definition) is 3. The molecule has 2 atom stereocenters. The van der Waals surface area contributed by atoms with Gasteiger partial charge in [-0.05, 0) is 36.8 Å². The van der Waals surface area contributed by atoms with Crippen LogP contribution < -0.4 is 21.1 Å². The summed E-state index contributed by atoms with van der Waals surface area (Å²) in [4.78, 5) is 35.9. The number of urea groups is 1. The fraction of sp³-hybridized carbons (Fsp3) is 0.250. The van der Waals surface area contributed by atoms with Crippen molar-refractivity contribution in [1.29, 1.82) is 0 Å². The number of nitrogens with two attached hydrogens (primary N) is 1. The molecule has 0 heterocycles. The van der Waals surface area contributed by atoms with Crippen molar-refractivity contribution in [2.24, 2.45) is 5.73 Å². The number of para-hydroxylation sites is 2. The molecule has 0 spiro atoms. The standard InChI is InChI=1S/C20H22ClN3O5/c1-12(19(26)23-15-5-3-4-6-17(15)28-2)29-18(25)11-16(24-20(22)27)13-7-9-14(21)10-8-13/h3-10,12,16H,11H2,1-2H3,(H,23,26)(H3,22,24,27)/t12-,16+/m1/s1. The quantitative estimate of drug-likeness (QED) is 0.568. The maximum Gasteiger partial charge on any atom is 0.312 e. The minimum atomic E-state index is -1.06. The summed E-state index contributed by atoms with van der Waals surface area (Å²) in [5.74, 6) is -0.719. The van der Waals surface area contributed by atoms with Crippen molar-refractivity contribution in [3.05, 3.63) is 59.1 Å². The number of esters is 1. The Bertz CT molecular complexity index is 873. The van der Waals surface area contributed by atoms with Crippen LogP contribution >= 0.6 is 11.6 Å². The van der Waals surface area contributed by atoms with Crippen molar-refractivity contribution in [1.82, 2.24) is 5.32 Å². The molecular formula is C20H22ClN3O5. The minimum Gasteiger partial charge on any atom is -0.495 e. The van der Waals surface area contributed by atoms with Crippen molar-refractivity contribution < 1.29 is 23.9 Å². The predicted molar refractivity (Wildman–Crippen MR) is 109 cm³/mol. The third kappa shape index (κ3) is 6.69. The Hall–Kier alpha value is -3.26. The summed E-state index contributed by atoms with van der Waals surface area (Å²) < 4.78 is 10.4. The lowest BCUT2D eigenvalue weighted by molar-refractivity contribution is -0.153. The SMILES string of the molecule is COc1ccccc1NC(=O)[C@@H](C)OC(=O)C[C@H](NC(N)=O)c1ccc(Cl)cc1. The lowest BCUT2D eigenvalue weighted by atomic mass is 10.0. The number of benzene rings is 2. The van der Waals surface area contributed by atoms with Crippen LogP contribution in [0.25, 0.3) is 0 Å². The van der Waals surface area contributed by atoms with E-state index < -0.39 is 30.1 Å². The van der Waals surface area contributed by atoms with Crippen molar-refractivity contribution in [3.63, 3.8) is 0 Å². The van der Waals surface area contributed by atoms with E-state index in [2.05, 4.69) is 10.6 Å². The summed E-state index contributed by atoms with van der Waals surface area (Å²) in [6.07, 6.45) is -1.27. The number of amides is 3. The van der Waals surface area contributed by atoms with E-state index in [-0.39, 0.29) is 6.42 Å². The van der Waals surface area contributed by atoms with Crippen LogP contribution in [-0.2, 0) is 14.3 Å². The molecule has 2 rings (SSSR count). The maximum absolute atomic E-state index is 12.3. The molecule has 0 saturated heterocycles. The molecule has 8 nitrogen and oxygen atoms in total. The summed E-state index contributed by atoms with van der Waals surface area (Å²) in [5.41, 5.74) is 6.27. The van der Waals surface area contributed by atoms with Crippen molar-refractivity contribution in [2.45, 2.75) is 25.5 Å². The van der Waals surface area contributed by atoms with E-state index in [1.807, 2.05) is 0 Å². The average molecular weight is 420 g/mol. The van der Waals surface area contributed by atoms with Crippen LogP contribution in [-0.4, -0.2) is 31.1 Å². The van der Waals surface area contributed by atoms with E-state index in [1.54, 1.807) is 48.5 Å². The topological polar surface area (TPSA) is 120 Å². The first kappa shape index (κ1) is 22.0. The van der Waals surface area contributed by atoms with Crippen LogP contribution in [0.2, 0.25) is 5.02 Å². The predicted octanol–water partition coefficient (Wildman–Crippen LogP) is 3.02. The first-order valence-corrected chi connectivity index (χ1v) is 9.12. The van der Waals surface area contributed by atoms with E-state index >= 15 is 0 Å². The van der Waals surface area contributed by atoms with Crippen LogP contribution in [0.15, 0.2) is 48.5 Å². The Labute approximate surface area is 173 Å². The third-order valence-corrected chi connectivity index (χ3v) is 4.25. The highest BCUT2D eigenvalue weighted by Gasteiger charge is 2.23. The van der Waals surface area contributed by atoms with E-state index in [0.29, 0.717) is 22.0 Å². The summed E-state index contributed by atoms with van der Waals surface area (Å²) in [5, 5.41) is 5.64. The Kier molecular flexibility index (Phi) is 7.85. The fourth-order valence-electron chi connectivity index (χ4n) is 2.57. The van der Waals surface area contributed by atoms with Gasteiger partial charge in [0.1, 0.15) is 5.75 Å². The molecule has 0 aliphatic rings. The Balaban J connectivity index is 2.00. The smallest absolute Gasteiger partial charge is 0.312 e. The first-order valence-electron chi connectivity index (χ1n) is 8.75. The minimum absolute atomic E-state index is 0.211. The van der Waals surface area contributed by atoms with Gasteiger partial charge in [-0.1, -0.05) is 35.9 Å². The van der Waals surface area contributed by atoms with Gasteiger partial charge in [-0.25, -0.2) is 4.79 Å². The molecule has 2 aromatic carbocycles. The van der Waals surface area contributed by atoms with Gasteiger partial charge in [0, 0.05) is 5.02 Å². The second kappa shape index (κ2) is 10.3. The molecule has 29 heavy (non-hydrogen) atoms. The summed E-state index contributed by atoms with van der Waals surface area (Å²) in [6.45, 7) is 1.45. The second-order valence-corrected chi connectivity index (χ2v) is 6.57. The second-order valence-electron chi connectivity index (χ2n) is 6.14. The van der Waals surface area contributed by atoms with Crippen LogP contribution in [0, 0.1) is 0 Å². The lowest BCUT2D eigenvalue weighted by Gasteiger charge is -2.19. The molecule has 0 bridgehead atoms. The number of halogens is 1. The summed E-state index contributed by atoms with van der Waals surface area (Å²) >= 11 is 5.86. The van der Waals surface area contributed by atoms with E-state index in [1.165, 1.54) is 14.0 Å². The number of carbonyl (C=O) groups excluding carboxylic acids is 3. The van der Waals surface area contributed by atoms with Crippen LogP contribution in [0.3, 0.4) is 0 Å². The molecule has 4 N–H and O–H groups in total. The zero-order chi connectivity index (χ0) is 21.4. The van der Waals surface area contributed by atoms with Crippen molar-refractivity contribution in [3.8, 4) is 5.75 Å².